The number of hydrogen-bond donors (Lipinski definition) is 1. The first-order chi connectivity index (χ1) is 14.0. The lowest BCUT2D eigenvalue weighted by atomic mass is 10.1. The van der Waals surface area contributed by atoms with Gasteiger partial charge in [0.15, 0.2) is 16.6 Å². The molecule has 152 valence electrons. The van der Waals surface area contributed by atoms with Gasteiger partial charge in [-0.25, -0.2) is 4.98 Å². The van der Waals surface area contributed by atoms with Crippen LogP contribution in [0.25, 0.3) is 0 Å². The van der Waals surface area contributed by atoms with Crippen LogP contribution in [-0.4, -0.2) is 32.2 Å². The lowest BCUT2D eigenvalue weighted by Crippen LogP contribution is -2.13. The van der Waals surface area contributed by atoms with Crippen molar-refractivity contribution in [3.63, 3.8) is 0 Å². The molecule has 0 unspecified atom stereocenters. The standard InChI is InChI=1S/C20H18Cl2N2O4S/c1-26-16-7-6-14(17(27-2)18(16)28-3)19(25)24-20-23-10-13(29-20)8-11-4-5-12(21)9-15(11)22/h4-7,9-10H,8H2,1-3H3,(H,23,24,25). The smallest absolute Gasteiger partial charge is 0.261 e. The van der Waals surface area contributed by atoms with E-state index in [1.54, 1.807) is 30.5 Å². The monoisotopic (exact) mass is 452 g/mol. The molecule has 1 heterocycles. The lowest BCUT2D eigenvalue weighted by Gasteiger charge is -2.15. The minimum atomic E-state index is -0.367. The molecule has 6 nitrogen and oxygen atoms in total. The Hall–Kier alpha value is -2.48. The van der Waals surface area contributed by atoms with Crippen LogP contribution in [0.3, 0.4) is 0 Å². The summed E-state index contributed by atoms with van der Waals surface area (Å²) in [5.41, 5.74) is 1.24. The van der Waals surface area contributed by atoms with Gasteiger partial charge in [0.05, 0.1) is 26.9 Å². The Bertz CT molecular complexity index is 1040. The van der Waals surface area contributed by atoms with Crippen LogP contribution in [0.4, 0.5) is 5.13 Å². The lowest BCUT2D eigenvalue weighted by molar-refractivity contribution is 0.102. The Morgan fingerprint density at radius 2 is 1.83 bits per heavy atom. The summed E-state index contributed by atoms with van der Waals surface area (Å²) in [7, 11) is 4.46. The van der Waals surface area contributed by atoms with Gasteiger partial charge in [-0.3, -0.25) is 10.1 Å². The number of carbonyl (C=O) groups excluding carboxylic acids is 1. The van der Waals surface area contributed by atoms with Gasteiger partial charge < -0.3 is 14.2 Å². The van der Waals surface area contributed by atoms with Crippen molar-refractivity contribution in [2.45, 2.75) is 6.42 Å². The summed E-state index contributed by atoms with van der Waals surface area (Å²) in [4.78, 5) is 18.0. The molecule has 0 saturated heterocycles. The molecule has 0 aliphatic heterocycles. The number of thiazole rings is 1. The van der Waals surface area contributed by atoms with Crippen LogP contribution in [0.15, 0.2) is 36.5 Å². The molecule has 0 atom stereocenters. The summed E-state index contributed by atoms with van der Waals surface area (Å²) in [6.07, 6.45) is 2.29. The van der Waals surface area contributed by atoms with E-state index < -0.39 is 0 Å². The predicted octanol–water partition coefficient (Wildman–Crippen LogP) is 5.32. The topological polar surface area (TPSA) is 69.7 Å². The molecule has 9 heteroatoms. The van der Waals surface area contributed by atoms with E-state index in [1.807, 2.05) is 6.07 Å². The Kier molecular flexibility index (Phi) is 6.84. The van der Waals surface area contributed by atoms with Crippen LogP contribution in [0, 0.1) is 0 Å². The maximum Gasteiger partial charge on any atom is 0.261 e. The van der Waals surface area contributed by atoms with Crippen LogP contribution in [0.1, 0.15) is 20.8 Å². The maximum atomic E-state index is 12.8. The molecule has 1 amide bonds. The van der Waals surface area contributed by atoms with Crippen molar-refractivity contribution < 1.29 is 19.0 Å². The van der Waals surface area contributed by atoms with Gasteiger partial charge in [0, 0.05) is 27.5 Å². The molecule has 2 aromatic carbocycles. The van der Waals surface area contributed by atoms with Gasteiger partial charge in [0.2, 0.25) is 5.75 Å². The molecule has 0 fully saturated rings. The first-order valence-corrected chi connectivity index (χ1v) is 10.0. The molecule has 1 N–H and O–H groups in total. The Labute approximate surface area is 182 Å². The van der Waals surface area contributed by atoms with E-state index in [0.717, 1.165) is 10.4 Å². The zero-order chi connectivity index (χ0) is 21.0. The minimum absolute atomic E-state index is 0.286. The predicted molar refractivity (Wildman–Crippen MR) is 115 cm³/mol. The number of anilines is 1. The summed E-state index contributed by atoms with van der Waals surface area (Å²) in [5, 5.41) is 4.43. The summed E-state index contributed by atoms with van der Waals surface area (Å²) in [6, 6.07) is 8.61. The van der Waals surface area contributed by atoms with Gasteiger partial charge in [-0.2, -0.15) is 0 Å². The molecular weight excluding hydrogens is 435 g/mol. The molecule has 1 aromatic heterocycles. The zero-order valence-electron chi connectivity index (χ0n) is 15.9. The van der Waals surface area contributed by atoms with Crippen molar-refractivity contribution in [3.05, 3.63) is 62.6 Å². The third-order valence-electron chi connectivity index (χ3n) is 4.10. The highest BCUT2D eigenvalue weighted by Crippen LogP contribution is 2.40. The van der Waals surface area contributed by atoms with Crippen molar-refractivity contribution in [2.24, 2.45) is 0 Å². The molecule has 0 saturated carbocycles. The fourth-order valence-corrected chi connectivity index (χ4v) is 4.05. The number of nitrogens with zero attached hydrogens (tertiary/aromatic N) is 1. The molecule has 0 bridgehead atoms. The quantitative estimate of drug-likeness (QED) is 0.525. The van der Waals surface area contributed by atoms with Gasteiger partial charge in [-0.15, -0.1) is 11.3 Å². The van der Waals surface area contributed by atoms with Crippen molar-refractivity contribution in [1.29, 1.82) is 0 Å². The number of benzene rings is 2. The molecule has 29 heavy (non-hydrogen) atoms. The fraction of sp³-hybridized carbons (Fsp3) is 0.200. The third kappa shape index (κ3) is 4.75. The molecule has 3 rings (SSSR count). The number of aromatic nitrogens is 1. The van der Waals surface area contributed by atoms with E-state index in [9.17, 15) is 4.79 Å². The van der Waals surface area contributed by atoms with Crippen molar-refractivity contribution in [3.8, 4) is 17.2 Å². The van der Waals surface area contributed by atoms with Crippen LogP contribution in [-0.2, 0) is 6.42 Å². The number of rotatable bonds is 7. The highest BCUT2D eigenvalue weighted by Gasteiger charge is 2.21. The normalized spacial score (nSPS) is 10.5. The fourth-order valence-electron chi connectivity index (χ4n) is 2.74. The Morgan fingerprint density at radius 1 is 1.07 bits per heavy atom. The average Bonchev–Trinajstić information content (AvgIpc) is 3.15. The third-order valence-corrected chi connectivity index (χ3v) is 5.60. The highest BCUT2D eigenvalue weighted by molar-refractivity contribution is 7.15. The van der Waals surface area contributed by atoms with Crippen LogP contribution >= 0.6 is 34.5 Å². The van der Waals surface area contributed by atoms with Crippen LogP contribution in [0.5, 0.6) is 17.2 Å². The van der Waals surface area contributed by atoms with Crippen molar-refractivity contribution in [1.82, 2.24) is 4.98 Å². The number of carbonyl (C=O) groups is 1. The van der Waals surface area contributed by atoms with Crippen molar-refractivity contribution >= 4 is 45.6 Å². The summed E-state index contributed by atoms with van der Waals surface area (Å²) < 4.78 is 15.9. The number of amides is 1. The SMILES string of the molecule is COc1ccc(C(=O)Nc2ncc(Cc3ccc(Cl)cc3Cl)s2)c(OC)c1OC. The first-order valence-electron chi connectivity index (χ1n) is 8.45. The van der Waals surface area contributed by atoms with Crippen molar-refractivity contribution in [2.75, 3.05) is 26.6 Å². The Morgan fingerprint density at radius 3 is 2.48 bits per heavy atom. The number of hydrogen-bond acceptors (Lipinski definition) is 6. The molecular formula is C20H18Cl2N2O4S. The summed E-state index contributed by atoms with van der Waals surface area (Å²) >= 11 is 13.5. The molecule has 0 radical (unpaired) electrons. The van der Waals surface area contributed by atoms with Gasteiger partial charge in [0.25, 0.3) is 5.91 Å². The van der Waals surface area contributed by atoms with E-state index >= 15 is 0 Å². The Balaban J connectivity index is 1.78. The van der Waals surface area contributed by atoms with Gasteiger partial charge in [-0.05, 0) is 29.8 Å². The van der Waals surface area contributed by atoms with E-state index in [4.69, 9.17) is 37.4 Å². The van der Waals surface area contributed by atoms with Crippen LogP contribution < -0.4 is 19.5 Å². The van der Waals surface area contributed by atoms with E-state index in [1.165, 1.54) is 32.7 Å². The average molecular weight is 453 g/mol. The number of nitrogens with one attached hydrogen (secondary N) is 1. The second-order valence-electron chi connectivity index (χ2n) is 5.88. The number of halogens is 2. The van der Waals surface area contributed by atoms with E-state index in [0.29, 0.717) is 38.7 Å². The van der Waals surface area contributed by atoms with Gasteiger partial charge in [-0.1, -0.05) is 29.3 Å². The molecule has 0 aliphatic rings. The summed E-state index contributed by atoms with van der Waals surface area (Å²) in [6.45, 7) is 0. The maximum absolute atomic E-state index is 12.8. The minimum Gasteiger partial charge on any atom is -0.493 e. The number of ether oxygens (including phenoxy) is 3. The van der Waals surface area contributed by atoms with E-state index in [2.05, 4.69) is 10.3 Å². The van der Waals surface area contributed by atoms with Gasteiger partial charge in [0.1, 0.15) is 0 Å². The second-order valence-corrected chi connectivity index (χ2v) is 7.84. The molecule has 0 aliphatic carbocycles. The van der Waals surface area contributed by atoms with E-state index in [-0.39, 0.29) is 11.7 Å². The summed E-state index contributed by atoms with van der Waals surface area (Å²) in [5.74, 6) is 0.736. The largest absolute Gasteiger partial charge is 0.493 e. The number of methoxy groups -OCH3 is 3. The molecule has 0 spiro atoms. The van der Waals surface area contributed by atoms with Gasteiger partial charge >= 0.3 is 0 Å². The first kappa shape index (κ1) is 21.2. The highest BCUT2D eigenvalue weighted by atomic mass is 35.5. The van der Waals surface area contributed by atoms with Crippen LogP contribution in [0.2, 0.25) is 10.0 Å². The molecule has 3 aromatic rings. The second kappa shape index (κ2) is 9.35. The zero-order valence-corrected chi connectivity index (χ0v) is 18.2.